The molecule has 4 rings (SSSR count). The van der Waals surface area contributed by atoms with Gasteiger partial charge in [0.2, 0.25) is 5.91 Å². The van der Waals surface area contributed by atoms with Gasteiger partial charge in [-0.1, -0.05) is 66.2 Å². The molecule has 38 heavy (non-hydrogen) atoms. The monoisotopic (exact) mass is 593 g/mol. The molecule has 0 aliphatic heterocycles. The minimum atomic E-state index is -0.0576. The molecule has 0 spiro atoms. The van der Waals surface area contributed by atoms with Gasteiger partial charge in [0.05, 0.1) is 5.02 Å². The summed E-state index contributed by atoms with van der Waals surface area (Å²) < 4.78 is 13.3. The molecule has 0 unspecified atom stereocenters. The third-order valence-electron chi connectivity index (χ3n) is 5.77. The zero-order valence-electron chi connectivity index (χ0n) is 21.0. The highest BCUT2D eigenvalue weighted by Gasteiger charge is 2.14. The molecule has 0 saturated heterocycles. The molecule has 0 radical (unpaired) electrons. The second-order valence-electron chi connectivity index (χ2n) is 8.63. The van der Waals surface area contributed by atoms with Gasteiger partial charge >= 0.3 is 0 Å². The minimum absolute atomic E-state index is 0.0576. The van der Waals surface area contributed by atoms with E-state index in [0.29, 0.717) is 49.4 Å². The molecule has 196 valence electrons. The summed E-state index contributed by atoms with van der Waals surface area (Å²) in [6.45, 7) is 3.86. The number of aromatic nitrogens is 1. The molecule has 2 N–H and O–H groups in total. The quantitative estimate of drug-likeness (QED) is 0.182. The van der Waals surface area contributed by atoms with E-state index in [1.165, 1.54) is 6.92 Å². The molecule has 0 atom stereocenters. The minimum Gasteiger partial charge on any atom is -0.488 e. The van der Waals surface area contributed by atoms with Gasteiger partial charge in [-0.05, 0) is 39.2 Å². The Bertz CT molecular complexity index is 1350. The van der Waals surface area contributed by atoms with Crippen molar-refractivity contribution in [3.8, 4) is 22.6 Å². The maximum Gasteiger partial charge on any atom is 0.216 e. The lowest BCUT2D eigenvalue weighted by molar-refractivity contribution is -0.118. The van der Waals surface area contributed by atoms with Crippen molar-refractivity contribution >= 4 is 33.4 Å². The first-order valence-corrected chi connectivity index (χ1v) is 13.4. The first-order valence-electron chi connectivity index (χ1n) is 12.3. The summed E-state index contributed by atoms with van der Waals surface area (Å²) in [4.78, 5) is 15.3. The van der Waals surface area contributed by atoms with Crippen LogP contribution >= 0.6 is 27.5 Å². The van der Waals surface area contributed by atoms with E-state index in [1.54, 1.807) is 12.4 Å². The number of pyridine rings is 1. The molecule has 6 nitrogen and oxygen atoms in total. The average Bonchev–Trinajstić information content (AvgIpc) is 2.93. The van der Waals surface area contributed by atoms with Gasteiger partial charge in [0.25, 0.3) is 0 Å². The summed E-state index contributed by atoms with van der Waals surface area (Å²) in [6.07, 6.45) is 3.50. The Labute approximate surface area is 236 Å². The number of nitrogens with one attached hydrogen (secondary N) is 2. The maximum absolute atomic E-state index is 11.1. The van der Waals surface area contributed by atoms with Gasteiger partial charge in [-0.25, -0.2) is 0 Å². The van der Waals surface area contributed by atoms with Crippen molar-refractivity contribution in [2.75, 3.05) is 13.1 Å². The zero-order chi connectivity index (χ0) is 26.7. The van der Waals surface area contributed by atoms with E-state index in [4.69, 9.17) is 21.1 Å². The van der Waals surface area contributed by atoms with E-state index >= 15 is 0 Å². The number of benzene rings is 3. The van der Waals surface area contributed by atoms with Crippen LogP contribution in [0.15, 0.2) is 89.7 Å². The van der Waals surface area contributed by atoms with Crippen molar-refractivity contribution in [1.29, 1.82) is 0 Å². The van der Waals surface area contributed by atoms with Gasteiger partial charge in [-0.15, -0.1) is 0 Å². The smallest absolute Gasteiger partial charge is 0.216 e. The fraction of sp³-hybridized carbons (Fsp3) is 0.200. The van der Waals surface area contributed by atoms with Crippen molar-refractivity contribution in [2.24, 2.45) is 0 Å². The van der Waals surface area contributed by atoms with Crippen LogP contribution < -0.4 is 20.1 Å². The topological polar surface area (TPSA) is 72.5 Å². The summed E-state index contributed by atoms with van der Waals surface area (Å²) in [7, 11) is 0. The first-order chi connectivity index (χ1) is 18.5. The number of carbonyl (C=O) groups is 1. The molecule has 1 aromatic heterocycles. The van der Waals surface area contributed by atoms with Crippen molar-refractivity contribution in [1.82, 2.24) is 15.6 Å². The van der Waals surface area contributed by atoms with Crippen LogP contribution in [-0.4, -0.2) is 24.0 Å². The number of rotatable bonds is 12. The average molecular weight is 595 g/mol. The van der Waals surface area contributed by atoms with Crippen molar-refractivity contribution in [2.45, 2.75) is 26.7 Å². The van der Waals surface area contributed by atoms with Crippen molar-refractivity contribution in [3.05, 3.63) is 111 Å². The molecule has 3 aromatic carbocycles. The Hall–Kier alpha value is -3.39. The highest BCUT2D eigenvalue weighted by Crippen LogP contribution is 2.36. The number of ether oxygens (including phenoxy) is 2. The van der Waals surface area contributed by atoms with Gasteiger partial charge in [0.1, 0.15) is 24.7 Å². The lowest BCUT2D eigenvalue weighted by atomic mass is 10.0. The van der Waals surface area contributed by atoms with Crippen LogP contribution in [0.25, 0.3) is 11.1 Å². The first kappa shape index (κ1) is 27.6. The third kappa shape index (κ3) is 7.81. The fourth-order valence-electron chi connectivity index (χ4n) is 3.84. The predicted molar refractivity (Wildman–Crippen MR) is 154 cm³/mol. The fourth-order valence-corrected chi connectivity index (χ4v) is 4.69. The standard InChI is InChI=1S/C30H29BrClN3O3/c1-21(36)35-14-13-34-18-25-15-27(32)29(16-28(25)37-19-22-7-6-12-33-17-22)38-20-24-10-5-11-26(30(24)31)23-8-3-2-4-9-23/h2-12,15-17,34H,13-14,18-20H2,1H3,(H,35,36). The van der Waals surface area contributed by atoms with Crippen molar-refractivity contribution < 1.29 is 14.3 Å². The molecule has 4 aromatic rings. The summed E-state index contributed by atoms with van der Waals surface area (Å²) in [6, 6.07) is 23.9. The number of hydrogen-bond acceptors (Lipinski definition) is 5. The highest BCUT2D eigenvalue weighted by atomic mass is 79.9. The molecule has 1 amide bonds. The number of amides is 1. The van der Waals surface area contributed by atoms with Crippen LogP contribution in [0.4, 0.5) is 0 Å². The van der Waals surface area contributed by atoms with Crippen LogP contribution in [0.5, 0.6) is 11.5 Å². The molecule has 0 saturated carbocycles. The maximum atomic E-state index is 11.1. The lowest BCUT2D eigenvalue weighted by Gasteiger charge is -2.17. The molecule has 0 fully saturated rings. The Morgan fingerprint density at radius 3 is 2.50 bits per heavy atom. The Morgan fingerprint density at radius 1 is 0.921 bits per heavy atom. The Kier molecular flexibility index (Phi) is 10.1. The SMILES string of the molecule is CC(=O)NCCNCc1cc(Cl)c(OCc2cccc(-c3ccccc3)c2Br)cc1OCc1cccnc1. The predicted octanol–water partition coefficient (Wildman–Crippen LogP) is 6.55. The van der Waals surface area contributed by atoms with Crippen LogP contribution in [0, 0.1) is 0 Å². The zero-order valence-corrected chi connectivity index (χ0v) is 23.4. The van der Waals surface area contributed by atoms with E-state index < -0.39 is 0 Å². The van der Waals surface area contributed by atoms with Crippen molar-refractivity contribution in [3.63, 3.8) is 0 Å². The second-order valence-corrected chi connectivity index (χ2v) is 9.83. The van der Waals surface area contributed by atoms with Crippen LogP contribution in [-0.2, 0) is 24.6 Å². The van der Waals surface area contributed by atoms with E-state index in [-0.39, 0.29) is 5.91 Å². The Morgan fingerprint density at radius 2 is 1.74 bits per heavy atom. The van der Waals surface area contributed by atoms with E-state index in [9.17, 15) is 4.79 Å². The largest absolute Gasteiger partial charge is 0.488 e. The summed E-state index contributed by atoms with van der Waals surface area (Å²) in [5.74, 6) is 1.14. The summed E-state index contributed by atoms with van der Waals surface area (Å²) >= 11 is 10.4. The van der Waals surface area contributed by atoms with E-state index in [0.717, 1.165) is 32.3 Å². The Balaban J connectivity index is 1.50. The molecule has 1 heterocycles. The number of carbonyl (C=O) groups excluding carboxylic acids is 1. The third-order valence-corrected chi connectivity index (χ3v) is 7.00. The van der Waals surface area contributed by atoms with Crippen LogP contribution in [0.2, 0.25) is 5.02 Å². The molecular formula is C30H29BrClN3O3. The van der Waals surface area contributed by atoms with Gasteiger partial charge < -0.3 is 20.1 Å². The van der Waals surface area contributed by atoms with Crippen LogP contribution in [0.1, 0.15) is 23.6 Å². The number of hydrogen-bond donors (Lipinski definition) is 2. The van der Waals surface area contributed by atoms with Gasteiger partial charge in [-0.2, -0.15) is 0 Å². The van der Waals surface area contributed by atoms with Gasteiger partial charge in [0, 0.05) is 66.2 Å². The lowest BCUT2D eigenvalue weighted by Crippen LogP contribution is -2.30. The van der Waals surface area contributed by atoms with E-state index in [1.807, 2.05) is 54.6 Å². The normalized spacial score (nSPS) is 10.7. The molecule has 0 bridgehead atoms. The molecule has 0 aliphatic rings. The highest BCUT2D eigenvalue weighted by molar-refractivity contribution is 9.10. The van der Waals surface area contributed by atoms with Crippen LogP contribution in [0.3, 0.4) is 0 Å². The number of nitrogens with zero attached hydrogens (tertiary/aromatic N) is 1. The molecular weight excluding hydrogens is 566 g/mol. The summed E-state index contributed by atoms with van der Waals surface area (Å²) in [5, 5.41) is 6.59. The molecule has 8 heteroatoms. The summed E-state index contributed by atoms with van der Waals surface area (Å²) in [5.41, 5.74) is 5.07. The van der Waals surface area contributed by atoms with Gasteiger partial charge in [0.15, 0.2) is 0 Å². The molecule has 0 aliphatic carbocycles. The van der Waals surface area contributed by atoms with Gasteiger partial charge in [-0.3, -0.25) is 9.78 Å². The number of halogens is 2. The second kappa shape index (κ2) is 14.0. The van der Waals surface area contributed by atoms with E-state index in [2.05, 4.69) is 49.7 Å².